The Balaban J connectivity index is 1.66. The number of amides is 1. The van der Waals surface area contributed by atoms with Crippen molar-refractivity contribution >= 4 is 60.5 Å². The van der Waals surface area contributed by atoms with Crippen LogP contribution in [-0.2, 0) is 20.0 Å². The number of carbonyl (C=O) groups excluding carboxylic acids is 1. The van der Waals surface area contributed by atoms with Crippen LogP contribution >= 0.6 is 15.9 Å². The first-order valence-corrected chi connectivity index (χ1v) is 12.7. The van der Waals surface area contributed by atoms with E-state index in [1.165, 1.54) is 24.4 Å². The van der Waals surface area contributed by atoms with Crippen LogP contribution in [0.5, 0.6) is 0 Å². The number of benzene rings is 2. The van der Waals surface area contributed by atoms with Gasteiger partial charge in [-0.25, -0.2) is 13.4 Å². The third-order valence-electron chi connectivity index (χ3n) is 5.77. The standard InChI is InChI=1S/C23H22BrF2N5O3S/c1-22(2)14-11-13(9-10-17(14)31(4)20(22)32)28-21-27-12-15(24)19(30-21)29-16-7-5-6-8-18(16)35(33,34)23(3,25)26/h5-12H,1-4H3,(H2,27,28,29,30). The molecule has 2 aromatic carbocycles. The summed E-state index contributed by atoms with van der Waals surface area (Å²) in [6, 6.07) is 10.8. The third kappa shape index (κ3) is 4.36. The van der Waals surface area contributed by atoms with Crippen molar-refractivity contribution < 1.29 is 22.0 Å². The fourth-order valence-corrected chi connectivity index (χ4v) is 5.16. The van der Waals surface area contributed by atoms with Crippen LogP contribution in [0.3, 0.4) is 0 Å². The van der Waals surface area contributed by atoms with Crippen molar-refractivity contribution in [1.29, 1.82) is 0 Å². The predicted octanol–water partition coefficient (Wildman–Crippen LogP) is 5.37. The highest BCUT2D eigenvalue weighted by Crippen LogP contribution is 2.42. The van der Waals surface area contributed by atoms with Crippen molar-refractivity contribution in [3.05, 3.63) is 58.7 Å². The Kier molecular flexibility index (Phi) is 6.08. The minimum absolute atomic E-state index is 0.0118. The molecule has 0 fully saturated rings. The molecule has 3 aromatic rings. The van der Waals surface area contributed by atoms with E-state index in [2.05, 4.69) is 36.5 Å². The molecule has 4 rings (SSSR count). The van der Waals surface area contributed by atoms with E-state index in [4.69, 9.17) is 0 Å². The number of para-hydroxylation sites is 1. The van der Waals surface area contributed by atoms with Crippen LogP contribution in [0.15, 0.2) is 58.0 Å². The van der Waals surface area contributed by atoms with Gasteiger partial charge in [-0.15, -0.1) is 0 Å². The monoisotopic (exact) mass is 565 g/mol. The van der Waals surface area contributed by atoms with Crippen LogP contribution in [0.2, 0.25) is 0 Å². The number of rotatable bonds is 6. The molecule has 35 heavy (non-hydrogen) atoms. The fraction of sp³-hybridized carbons (Fsp3) is 0.261. The van der Waals surface area contributed by atoms with Gasteiger partial charge in [-0.05, 0) is 65.7 Å². The third-order valence-corrected chi connectivity index (χ3v) is 8.23. The van der Waals surface area contributed by atoms with Crippen molar-refractivity contribution in [2.75, 3.05) is 22.6 Å². The lowest BCUT2D eigenvalue weighted by atomic mass is 9.86. The highest BCUT2D eigenvalue weighted by Gasteiger charge is 2.43. The zero-order valence-corrected chi connectivity index (χ0v) is 21.6. The zero-order chi connectivity index (χ0) is 25.8. The summed E-state index contributed by atoms with van der Waals surface area (Å²) in [5.74, 6) is 0.329. The lowest BCUT2D eigenvalue weighted by molar-refractivity contribution is -0.121. The molecule has 1 aliphatic rings. The quantitative estimate of drug-likeness (QED) is 0.414. The molecule has 12 heteroatoms. The van der Waals surface area contributed by atoms with E-state index in [1.54, 1.807) is 18.0 Å². The Bertz CT molecular complexity index is 1440. The average molecular weight is 566 g/mol. The predicted molar refractivity (Wildman–Crippen MR) is 133 cm³/mol. The van der Waals surface area contributed by atoms with E-state index in [1.807, 2.05) is 26.0 Å². The lowest BCUT2D eigenvalue weighted by Crippen LogP contribution is -2.33. The van der Waals surface area contributed by atoms with Crippen molar-refractivity contribution in [1.82, 2.24) is 9.97 Å². The first-order valence-electron chi connectivity index (χ1n) is 10.4. The summed E-state index contributed by atoms with van der Waals surface area (Å²) in [6.45, 7) is 4.04. The van der Waals surface area contributed by atoms with Gasteiger partial charge in [-0.1, -0.05) is 12.1 Å². The largest absolute Gasteiger partial charge is 0.347 e. The number of anilines is 5. The number of fused-ring (bicyclic) bond motifs is 1. The Morgan fingerprint density at radius 3 is 2.49 bits per heavy atom. The van der Waals surface area contributed by atoms with Crippen molar-refractivity contribution in [3.8, 4) is 0 Å². The van der Waals surface area contributed by atoms with Gasteiger partial charge in [0, 0.05) is 31.5 Å². The Hall–Kier alpha value is -3.12. The number of carbonyl (C=O) groups is 1. The Morgan fingerprint density at radius 2 is 1.80 bits per heavy atom. The van der Waals surface area contributed by atoms with Gasteiger partial charge in [-0.2, -0.15) is 13.8 Å². The van der Waals surface area contributed by atoms with E-state index < -0.39 is 25.4 Å². The van der Waals surface area contributed by atoms with Crippen molar-refractivity contribution in [2.24, 2.45) is 0 Å². The summed E-state index contributed by atoms with van der Waals surface area (Å²) in [7, 11) is -3.20. The molecular weight excluding hydrogens is 544 g/mol. The van der Waals surface area contributed by atoms with E-state index in [0.717, 1.165) is 17.3 Å². The highest BCUT2D eigenvalue weighted by atomic mass is 79.9. The summed E-state index contributed by atoms with van der Waals surface area (Å²) in [5.41, 5.74) is 1.56. The van der Waals surface area contributed by atoms with Crippen molar-refractivity contribution in [2.45, 2.75) is 36.3 Å². The maximum absolute atomic E-state index is 13.8. The molecular formula is C23H22BrF2N5O3S. The molecule has 0 radical (unpaired) electrons. The molecule has 0 bridgehead atoms. The number of nitrogens with one attached hydrogen (secondary N) is 2. The second kappa shape index (κ2) is 8.52. The zero-order valence-electron chi connectivity index (χ0n) is 19.2. The fourth-order valence-electron chi connectivity index (χ4n) is 3.82. The van der Waals surface area contributed by atoms with Crippen LogP contribution in [0.4, 0.5) is 37.6 Å². The van der Waals surface area contributed by atoms with Crippen LogP contribution in [0.1, 0.15) is 26.3 Å². The van der Waals surface area contributed by atoms with E-state index in [-0.39, 0.29) is 23.4 Å². The number of nitrogens with zero attached hydrogens (tertiary/aromatic N) is 3. The second-order valence-electron chi connectivity index (χ2n) is 8.67. The summed E-state index contributed by atoms with van der Waals surface area (Å²) < 4.78 is 52.7. The van der Waals surface area contributed by atoms with Gasteiger partial charge in [0.25, 0.3) is 0 Å². The Labute approximate surface area is 209 Å². The average Bonchev–Trinajstić information content (AvgIpc) is 2.95. The van der Waals surface area contributed by atoms with Gasteiger partial charge >= 0.3 is 5.25 Å². The molecule has 1 aromatic heterocycles. The van der Waals surface area contributed by atoms with E-state index >= 15 is 0 Å². The normalized spacial score (nSPS) is 15.2. The number of hydrogen-bond donors (Lipinski definition) is 2. The lowest BCUT2D eigenvalue weighted by Gasteiger charge is -2.17. The molecule has 0 aliphatic carbocycles. The van der Waals surface area contributed by atoms with Crippen LogP contribution in [0.25, 0.3) is 0 Å². The first-order chi connectivity index (χ1) is 16.2. The summed E-state index contributed by atoms with van der Waals surface area (Å²) in [5, 5.41) is 1.92. The molecule has 1 aliphatic heterocycles. The van der Waals surface area contributed by atoms with E-state index in [0.29, 0.717) is 17.1 Å². The Morgan fingerprint density at radius 1 is 1.11 bits per heavy atom. The minimum Gasteiger partial charge on any atom is -0.338 e. The second-order valence-corrected chi connectivity index (χ2v) is 11.7. The van der Waals surface area contributed by atoms with Crippen LogP contribution < -0.4 is 15.5 Å². The summed E-state index contributed by atoms with van der Waals surface area (Å²) in [6.07, 6.45) is 1.44. The van der Waals surface area contributed by atoms with E-state index in [9.17, 15) is 22.0 Å². The molecule has 8 nitrogen and oxygen atoms in total. The SMILES string of the molecule is CN1C(=O)C(C)(C)c2cc(Nc3ncc(Br)c(Nc4ccccc4S(=O)(=O)C(C)(F)F)n3)ccc21. The maximum atomic E-state index is 13.8. The number of sulfone groups is 1. The topological polar surface area (TPSA) is 104 Å². The molecule has 0 atom stereocenters. The highest BCUT2D eigenvalue weighted by molar-refractivity contribution is 9.10. The van der Waals surface area contributed by atoms with Gasteiger partial charge < -0.3 is 15.5 Å². The van der Waals surface area contributed by atoms with Gasteiger partial charge in [0.2, 0.25) is 21.7 Å². The smallest absolute Gasteiger partial charge is 0.338 e. The van der Waals surface area contributed by atoms with Crippen LogP contribution in [0, 0.1) is 0 Å². The van der Waals surface area contributed by atoms with Gasteiger partial charge in [-0.3, -0.25) is 4.79 Å². The summed E-state index contributed by atoms with van der Waals surface area (Å²) in [4.78, 5) is 22.2. The molecule has 0 unspecified atom stereocenters. The number of hydrogen-bond acceptors (Lipinski definition) is 7. The maximum Gasteiger partial charge on any atom is 0.347 e. The number of halogens is 3. The van der Waals surface area contributed by atoms with Crippen molar-refractivity contribution in [3.63, 3.8) is 0 Å². The molecule has 2 heterocycles. The summed E-state index contributed by atoms with van der Waals surface area (Å²) >= 11 is 3.30. The molecule has 184 valence electrons. The van der Waals surface area contributed by atoms with Gasteiger partial charge in [0.15, 0.2) is 0 Å². The minimum atomic E-state index is -4.93. The number of aromatic nitrogens is 2. The number of likely N-dealkylation sites (N-methyl/N-ethyl adjacent to an activating group) is 1. The van der Waals surface area contributed by atoms with Crippen LogP contribution in [-0.4, -0.2) is 36.6 Å². The molecule has 2 N–H and O–H groups in total. The van der Waals surface area contributed by atoms with Gasteiger partial charge in [0.1, 0.15) is 5.82 Å². The van der Waals surface area contributed by atoms with Gasteiger partial charge in [0.05, 0.1) is 20.5 Å². The molecule has 1 amide bonds. The molecule has 0 spiro atoms. The molecule has 0 saturated carbocycles. The molecule has 0 saturated heterocycles. The number of alkyl halides is 2. The first kappa shape index (κ1) is 25.0.